The van der Waals surface area contributed by atoms with Gasteiger partial charge in [-0.05, 0) is 24.7 Å². The predicted molar refractivity (Wildman–Crippen MR) is 61.9 cm³/mol. The fourth-order valence-corrected chi connectivity index (χ4v) is 2.44. The maximum Gasteiger partial charge on any atom is 0.0799 e. The Bertz CT molecular complexity index is 186. The van der Waals surface area contributed by atoms with Gasteiger partial charge in [-0.2, -0.15) is 0 Å². The minimum Gasteiger partial charge on any atom is -0.388 e. The van der Waals surface area contributed by atoms with Gasteiger partial charge in [0.05, 0.1) is 12.2 Å². The summed E-state index contributed by atoms with van der Waals surface area (Å²) in [6, 6.07) is 0. The van der Waals surface area contributed by atoms with Gasteiger partial charge in [-0.1, -0.05) is 20.3 Å². The number of hydrogen-bond donors (Lipinski definition) is 2. The van der Waals surface area contributed by atoms with Crippen molar-refractivity contribution in [3.63, 3.8) is 0 Å². The molecule has 0 aromatic carbocycles. The molecular weight excluding hydrogens is 190 g/mol. The Morgan fingerprint density at radius 1 is 1.40 bits per heavy atom. The van der Waals surface area contributed by atoms with E-state index in [9.17, 15) is 5.11 Å². The topological polar surface area (TPSA) is 41.5 Å². The monoisotopic (exact) mass is 215 g/mol. The Balaban J connectivity index is 2.34. The minimum absolute atomic E-state index is 0.406. The molecule has 0 bridgehead atoms. The van der Waals surface area contributed by atoms with Crippen LogP contribution in [0.4, 0.5) is 0 Å². The van der Waals surface area contributed by atoms with Crippen LogP contribution in [0.15, 0.2) is 0 Å². The van der Waals surface area contributed by atoms with Crippen molar-refractivity contribution in [1.82, 2.24) is 5.32 Å². The van der Waals surface area contributed by atoms with Crippen LogP contribution < -0.4 is 5.32 Å². The lowest BCUT2D eigenvalue weighted by Gasteiger charge is -2.41. The molecule has 3 atom stereocenters. The van der Waals surface area contributed by atoms with Crippen molar-refractivity contribution in [3.05, 3.63) is 0 Å². The number of methoxy groups -OCH3 is 1. The van der Waals surface area contributed by atoms with Gasteiger partial charge in [0.2, 0.25) is 0 Å². The Kier molecular flexibility index (Phi) is 5.03. The van der Waals surface area contributed by atoms with E-state index in [1.807, 2.05) is 0 Å². The third-order valence-electron chi connectivity index (χ3n) is 3.63. The fourth-order valence-electron chi connectivity index (χ4n) is 2.44. The third-order valence-corrected chi connectivity index (χ3v) is 3.63. The van der Waals surface area contributed by atoms with Crippen molar-refractivity contribution in [1.29, 1.82) is 0 Å². The molecule has 1 aliphatic carbocycles. The molecule has 90 valence electrons. The van der Waals surface area contributed by atoms with Crippen LogP contribution in [0.2, 0.25) is 0 Å². The molecule has 0 heterocycles. The fraction of sp³-hybridized carbons (Fsp3) is 1.00. The van der Waals surface area contributed by atoms with Gasteiger partial charge in [0.15, 0.2) is 0 Å². The largest absolute Gasteiger partial charge is 0.388 e. The van der Waals surface area contributed by atoms with Gasteiger partial charge in [0.25, 0.3) is 0 Å². The van der Waals surface area contributed by atoms with Gasteiger partial charge in [-0.3, -0.25) is 0 Å². The average Bonchev–Trinajstić information content (AvgIpc) is 2.19. The Morgan fingerprint density at radius 3 is 2.80 bits per heavy atom. The highest BCUT2D eigenvalue weighted by Crippen LogP contribution is 2.36. The van der Waals surface area contributed by atoms with E-state index in [2.05, 4.69) is 19.2 Å². The van der Waals surface area contributed by atoms with Gasteiger partial charge < -0.3 is 15.2 Å². The first-order valence-corrected chi connectivity index (χ1v) is 6.00. The summed E-state index contributed by atoms with van der Waals surface area (Å²) in [6.45, 7) is 6.61. The zero-order chi connectivity index (χ0) is 11.3. The van der Waals surface area contributed by atoms with Crippen LogP contribution in [0.5, 0.6) is 0 Å². The number of rotatable bonds is 5. The zero-order valence-corrected chi connectivity index (χ0v) is 10.3. The molecule has 3 unspecified atom stereocenters. The first kappa shape index (κ1) is 12.9. The van der Waals surface area contributed by atoms with Gasteiger partial charge in [0.1, 0.15) is 0 Å². The quantitative estimate of drug-likeness (QED) is 0.681. The van der Waals surface area contributed by atoms with E-state index < -0.39 is 5.60 Å². The van der Waals surface area contributed by atoms with Crippen LogP contribution in [0, 0.1) is 11.8 Å². The summed E-state index contributed by atoms with van der Waals surface area (Å²) in [7, 11) is 1.70. The summed E-state index contributed by atoms with van der Waals surface area (Å²) < 4.78 is 4.97. The highest BCUT2D eigenvalue weighted by molar-refractivity contribution is 4.91. The van der Waals surface area contributed by atoms with Crippen molar-refractivity contribution in [3.8, 4) is 0 Å². The van der Waals surface area contributed by atoms with E-state index in [4.69, 9.17) is 4.74 Å². The summed E-state index contributed by atoms with van der Waals surface area (Å²) in [5.74, 6) is 1.05. The predicted octanol–water partition coefficient (Wildman–Crippen LogP) is 1.41. The van der Waals surface area contributed by atoms with E-state index in [1.54, 1.807) is 7.11 Å². The summed E-state index contributed by atoms with van der Waals surface area (Å²) >= 11 is 0. The van der Waals surface area contributed by atoms with Crippen LogP contribution >= 0.6 is 0 Å². The molecule has 0 radical (unpaired) electrons. The van der Waals surface area contributed by atoms with E-state index >= 15 is 0 Å². The SMILES string of the molecule is COCCNCC1(O)CC(C)CCC1C. The molecule has 1 fully saturated rings. The van der Waals surface area contributed by atoms with Crippen molar-refractivity contribution >= 4 is 0 Å². The maximum atomic E-state index is 10.5. The number of nitrogens with one attached hydrogen (secondary N) is 1. The molecular formula is C12H25NO2. The van der Waals surface area contributed by atoms with Crippen molar-refractivity contribution in [2.45, 2.75) is 38.7 Å². The Hall–Kier alpha value is -0.120. The summed E-state index contributed by atoms with van der Waals surface area (Å²) in [4.78, 5) is 0. The molecule has 1 saturated carbocycles. The number of ether oxygens (including phenoxy) is 1. The molecule has 0 aromatic heterocycles. The van der Waals surface area contributed by atoms with E-state index in [0.717, 1.165) is 19.4 Å². The first-order valence-electron chi connectivity index (χ1n) is 6.00. The Morgan fingerprint density at radius 2 is 2.13 bits per heavy atom. The van der Waals surface area contributed by atoms with Crippen LogP contribution in [0.25, 0.3) is 0 Å². The molecule has 0 amide bonds. The highest BCUT2D eigenvalue weighted by Gasteiger charge is 2.38. The molecule has 0 spiro atoms. The summed E-state index contributed by atoms with van der Waals surface area (Å²) in [6.07, 6.45) is 3.32. The first-order chi connectivity index (χ1) is 7.08. The second kappa shape index (κ2) is 5.83. The second-order valence-corrected chi connectivity index (χ2v) is 5.06. The van der Waals surface area contributed by atoms with Crippen molar-refractivity contribution in [2.24, 2.45) is 11.8 Å². The Labute approximate surface area is 93.2 Å². The number of aliphatic hydroxyl groups is 1. The van der Waals surface area contributed by atoms with Crippen molar-refractivity contribution in [2.75, 3.05) is 26.8 Å². The van der Waals surface area contributed by atoms with E-state index in [0.29, 0.717) is 25.0 Å². The molecule has 1 aliphatic rings. The van der Waals surface area contributed by atoms with Gasteiger partial charge >= 0.3 is 0 Å². The molecule has 0 saturated heterocycles. The number of hydrogen-bond acceptors (Lipinski definition) is 3. The van der Waals surface area contributed by atoms with Crippen LogP contribution in [0.1, 0.15) is 33.1 Å². The smallest absolute Gasteiger partial charge is 0.0799 e. The highest BCUT2D eigenvalue weighted by atomic mass is 16.5. The summed E-state index contributed by atoms with van der Waals surface area (Å²) in [5.41, 5.74) is -0.509. The molecule has 15 heavy (non-hydrogen) atoms. The molecule has 3 heteroatoms. The minimum atomic E-state index is -0.509. The molecule has 1 rings (SSSR count). The van der Waals surface area contributed by atoms with Crippen LogP contribution in [0.3, 0.4) is 0 Å². The van der Waals surface area contributed by atoms with Gasteiger partial charge in [-0.25, -0.2) is 0 Å². The average molecular weight is 215 g/mol. The maximum absolute atomic E-state index is 10.5. The summed E-state index contributed by atoms with van der Waals surface area (Å²) in [5, 5.41) is 13.8. The molecule has 3 nitrogen and oxygen atoms in total. The van der Waals surface area contributed by atoms with Gasteiger partial charge in [-0.15, -0.1) is 0 Å². The molecule has 0 aliphatic heterocycles. The van der Waals surface area contributed by atoms with E-state index in [1.165, 1.54) is 6.42 Å². The van der Waals surface area contributed by atoms with Crippen LogP contribution in [-0.2, 0) is 4.74 Å². The van der Waals surface area contributed by atoms with Gasteiger partial charge in [0, 0.05) is 20.2 Å². The second-order valence-electron chi connectivity index (χ2n) is 5.06. The lowest BCUT2D eigenvalue weighted by molar-refractivity contribution is -0.0551. The third kappa shape index (κ3) is 3.74. The van der Waals surface area contributed by atoms with Crippen LogP contribution in [-0.4, -0.2) is 37.5 Å². The van der Waals surface area contributed by atoms with E-state index in [-0.39, 0.29) is 0 Å². The molecule has 2 N–H and O–H groups in total. The zero-order valence-electron chi connectivity index (χ0n) is 10.3. The lowest BCUT2D eigenvalue weighted by atomic mass is 9.72. The standard InChI is InChI=1S/C12H25NO2/c1-10-4-5-11(2)12(14,8-10)9-13-6-7-15-3/h10-11,13-14H,4-9H2,1-3H3. The molecule has 0 aromatic rings. The lowest BCUT2D eigenvalue weighted by Crippen LogP contribution is -2.49. The van der Waals surface area contributed by atoms with Crippen molar-refractivity contribution < 1.29 is 9.84 Å². The normalized spacial score (nSPS) is 36.8.